The van der Waals surface area contributed by atoms with Gasteiger partial charge in [0.2, 0.25) is 0 Å². The number of nitrogens with one attached hydrogen (secondary N) is 1. The number of urea groups is 1. The van der Waals surface area contributed by atoms with Gasteiger partial charge in [-0.3, -0.25) is 0 Å². The maximum Gasteiger partial charge on any atom is 0.342 e. The van der Waals surface area contributed by atoms with Crippen molar-refractivity contribution < 1.29 is 29.0 Å². The molecule has 5 rings (SSSR count). The molecule has 8 nitrogen and oxygen atoms in total. The topological polar surface area (TPSA) is 105 Å². The first-order chi connectivity index (χ1) is 22.7. The minimum absolute atomic E-state index is 0.0389. The van der Waals surface area contributed by atoms with E-state index in [2.05, 4.69) is 5.32 Å². The predicted octanol–water partition coefficient (Wildman–Crippen LogP) is 6.70. The second-order valence-corrected chi connectivity index (χ2v) is 12.4. The number of carboxylic acids is 1. The highest BCUT2D eigenvalue weighted by atomic mass is 16.6. The van der Waals surface area contributed by atoms with Gasteiger partial charge in [-0.05, 0) is 70.7 Å². The van der Waals surface area contributed by atoms with Crippen LogP contribution in [0.4, 0.5) is 4.79 Å². The Labute approximate surface area is 276 Å². The number of hydrogen-bond acceptors (Lipinski definition) is 5. The van der Waals surface area contributed by atoms with Crippen LogP contribution in [-0.2, 0) is 40.2 Å². The minimum Gasteiger partial charge on any atom is -0.480 e. The molecule has 4 aromatic rings. The molecule has 1 aliphatic carbocycles. The van der Waals surface area contributed by atoms with Crippen LogP contribution in [0.25, 0.3) is 11.1 Å². The summed E-state index contributed by atoms with van der Waals surface area (Å²) in [5.74, 6) is -1.29. The zero-order valence-electron chi connectivity index (χ0n) is 26.9. The number of rotatable bonds is 14. The Bertz CT molecular complexity index is 1640. The van der Waals surface area contributed by atoms with Gasteiger partial charge in [-0.2, -0.15) is 0 Å². The monoisotopic (exact) mass is 634 g/mol. The summed E-state index contributed by atoms with van der Waals surface area (Å²) in [6.07, 6.45) is 2.02. The molecule has 8 heteroatoms. The first-order valence-electron chi connectivity index (χ1n) is 16.2. The lowest BCUT2D eigenvalue weighted by atomic mass is 10.0. The van der Waals surface area contributed by atoms with Crippen molar-refractivity contribution >= 4 is 18.0 Å². The number of ether oxygens (including phenoxy) is 2. The van der Waals surface area contributed by atoms with E-state index < -0.39 is 30.1 Å². The fraction of sp³-hybridized carbons (Fsp3) is 0.308. The van der Waals surface area contributed by atoms with Crippen molar-refractivity contribution in [2.24, 2.45) is 5.92 Å². The lowest BCUT2D eigenvalue weighted by molar-refractivity contribution is -0.149. The normalized spacial score (nSPS) is 13.4. The van der Waals surface area contributed by atoms with E-state index in [1.165, 1.54) is 16.0 Å². The lowest BCUT2D eigenvalue weighted by Gasteiger charge is -2.29. The molecule has 2 N–H and O–H groups in total. The number of carbonyl (C=O) groups is 3. The molecule has 0 saturated heterocycles. The van der Waals surface area contributed by atoms with Crippen LogP contribution in [0.1, 0.15) is 42.5 Å². The van der Waals surface area contributed by atoms with E-state index in [1.54, 1.807) is 6.07 Å². The summed E-state index contributed by atoms with van der Waals surface area (Å²) in [6.45, 7) is 4.20. The fourth-order valence-electron chi connectivity index (χ4n) is 5.78. The van der Waals surface area contributed by atoms with Gasteiger partial charge in [0.05, 0.1) is 13.2 Å². The summed E-state index contributed by atoms with van der Waals surface area (Å²) in [5, 5.41) is 12.8. The zero-order chi connectivity index (χ0) is 33.2. The van der Waals surface area contributed by atoms with E-state index in [-0.39, 0.29) is 32.0 Å². The Balaban J connectivity index is 1.30. The van der Waals surface area contributed by atoms with Crippen LogP contribution in [-0.4, -0.2) is 53.2 Å². The Morgan fingerprint density at radius 1 is 0.787 bits per heavy atom. The number of carbonyl (C=O) groups excluding carboxylic acids is 2. The van der Waals surface area contributed by atoms with Gasteiger partial charge in [0.25, 0.3) is 0 Å². The van der Waals surface area contributed by atoms with Gasteiger partial charge in [-0.1, -0.05) is 105 Å². The first-order valence-corrected chi connectivity index (χ1v) is 16.2. The maximum atomic E-state index is 13.7. The number of carboxylic acid groups (broad SMARTS) is 1. The molecular weight excluding hydrogens is 592 g/mol. The Kier molecular flexibility index (Phi) is 11.4. The van der Waals surface area contributed by atoms with Crippen molar-refractivity contribution in [3.05, 3.63) is 125 Å². The van der Waals surface area contributed by atoms with Crippen LogP contribution in [0, 0.1) is 5.92 Å². The summed E-state index contributed by atoms with van der Waals surface area (Å²) in [6, 6.07) is 30.9. The van der Waals surface area contributed by atoms with Crippen LogP contribution >= 0.6 is 0 Å². The van der Waals surface area contributed by atoms with Crippen molar-refractivity contribution in [2.75, 3.05) is 13.1 Å². The zero-order valence-corrected chi connectivity index (χ0v) is 26.9. The van der Waals surface area contributed by atoms with Gasteiger partial charge in [0.1, 0.15) is 11.8 Å². The average molecular weight is 635 g/mol. The van der Waals surface area contributed by atoms with Crippen LogP contribution in [0.5, 0.6) is 5.75 Å². The number of amides is 2. The van der Waals surface area contributed by atoms with Crippen LogP contribution in [0.2, 0.25) is 0 Å². The summed E-state index contributed by atoms with van der Waals surface area (Å²) < 4.78 is 11.9. The molecule has 2 amide bonds. The van der Waals surface area contributed by atoms with Gasteiger partial charge in [-0.25, -0.2) is 14.4 Å². The molecule has 0 fully saturated rings. The second-order valence-electron chi connectivity index (χ2n) is 12.4. The van der Waals surface area contributed by atoms with E-state index >= 15 is 0 Å². The Morgan fingerprint density at radius 2 is 1.45 bits per heavy atom. The summed E-state index contributed by atoms with van der Waals surface area (Å²) in [7, 11) is 0. The molecule has 47 heavy (non-hydrogen) atoms. The van der Waals surface area contributed by atoms with E-state index in [4.69, 9.17) is 9.47 Å². The number of aryl methyl sites for hydroxylation is 2. The quantitative estimate of drug-likeness (QED) is 0.118. The van der Waals surface area contributed by atoms with E-state index in [0.717, 1.165) is 41.5 Å². The molecule has 0 radical (unpaired) electrons. The summed E-state index contributed by atoms with van der Waals surface area (Å²) in [5.41, 5.74) is 6.16. The molecule has 0 aromatic heterocycles. The number of aliphatic carboxylic acids is 1. The Hall–Kier alpha value is -4.95. The third kappa shape index (κ3) is 9.53. The maximum absolute atomic E-state index is 13.7. The fourth-order valence-corrected chi connectivity index (χ4v) is 5.78. The van der Waals surface area contributed by atoms with Gasteiger partial charge in [0.15, 0.2) is 6.10 Å². The standard InChI is InChI=1S/C39H42N2O6/c1-27(2)24-41(39(45)40-35(37(42)43)22-28-16-18-32(19-17-28)30-12-7-4-8-13-30)25-36(46-26-29-10-5-3-6-11-29)38(44)47-34-21-20-31-14-9-15-33(31)23-34/h3-8,10-13,16-21,23,27,35-36H,9,14-15,22,24-26H2,1-2H3,(H,40,45)(H,42,43)/t35-,36?/m0/s1. The number of hydrogen-bond donors (Lipinski definition) is 2. The van der Waals surface area contributed by atoms with E-state index in [9.17, 15) is 19.5 Å². The SMILES string of the molecule is CC(C)CN(CC(OCc1ccccc1)C(=O)Oc1ccc2c(c1)CCC2)C(=O)N[C@@H](Cc1ccc(-c2ccccc2)cc1)C(=O)O. The highest BCUT2D eigenvalue weighted by Gasteiger charge is 2.30. The smallest absolute Gasteiger partial charge is 0.342 e. The van der Waals surface area contributed by atoms with Gasteiger partial charge >= 0.3 is 18.0 Å². The third-order valence-corrected chi connectivity index (χ3v) is 8.20. The van der Waals surface area contributed by atoms with Crippen LogP contribution in [0.3, 0.4) is 0 Å². The summed E-state index contributed by atoms with van der Waals surface area (Å²) >= 11 is 0. The Morgan fingerprint density at radius 3 is 2.13 bits per heavy atom. The minimum atomic E-state index is -1.18. The van der Waals surface area contributed by atoms with Crippen molar-refractivity contribution in [3.8, 4) is 16.9 Å². The molecule has 0 spiro atoms. The van der Waals surface area contributed by atoms with Gasteiger partial charge < -0.3 is 24.8 Å². The highest BCUT2D eigenvalue weighted by Crippen LogP contribution is 2.26. The molecule has 0 heterocycles. The molecular formula is C39H42N2O6. The van der Waals surface area contributed by atoms with Crippen LogP contribution < -0.4 is 10.1 Å². The average Bonchev–Trinajstić information content (AvgIpc) is 3.55. The molecule has 4 aromatic carbocycles. The number of fused-ring (bicyclic) bond motifs is 1. The van der Waals surface area contributed by atoms with Crippen molar-refractivity contribution in [1.29, 1.82) is 0 Å². The molecule has 0 saturated carbocycles. The third-order valence-electron chi connectivity index (χ3n) is 8.20. The van der Waals surface area contributed by atoms with Crippen molar-refractivity contribution in [2.45, 2.75) is 58.3 Å². The number of nitrogens with zero attached hydrogens (tertiary/aromatic N) is 1. The second kappa shape index (κ2) is 16.1. The molecule has 1 unspecified atom stereocenters. The highest BCUT2D eigenvalue weighted by molar-refractivity contribution is 5.84. The number of esters is 1. The van der Waals surface area contributed by atoms with Crippen molar-refractivity contribution in [3.63, 3.8) is 0 Å². The molecule has 0 aliphatic heterocycles. The first kappa shape index (κ1) is 33.4. The predicted molar refractivity (Wildman–Crippen MR) is 181 cm³/mol. The molecule has 2 atom stereocenters. The molecule has 1 aliphatic rings. The largest absolute Gasteiger partial charge is 0.480 e. The summed E-state index contributed by atoms with van der Waals surface area (Å²) in [4.78, 5) is 41.0. The van der Waals surface area contributed by atoms with Crippen LogP contribution in [0.15, 0.2) is 103 Å². The molecule has 0 bridgehead atoms. The molecule has 244 valence electrons. The van der Waals surface area contributed by atoms with E-state index in [1.807, 2.05) is 111 Å². The lowest BCUT2D eigenvalue weighted by Crippen LogP contribution is -2.53. The van der Waals surface area contributed by atoms with Gasteiger partial charge in [0, 0.05) is 13.0 Å². The van der Waals surface area contributed by atoms with E-state index in [0.29, 0.717) is 5.75 Å². The van der Waals surface area contributed by atoms with Crippen molar-refractivity contribution in [1.82, 2.24) is 10.2 Å². The van der Waals surface area contributed by atoms with Gasteiger partial charge in [-0.15, -0.1) is 0 Å². The number of benzene rings is 4.